The molecule has 0 aromatic heterocycles. The van der Waals surface area contributed by atoms with E-state index in [1.165, 1.54) is 19.2 Å². The lowest BCUT2D eigenvalue weighted by molar-refractivity contribution is -0.121. The van der Waals surface area contributed by atoms with Crippen LogP contribution in [0, 0.1) is 17.1 Å². The summed E-state index contributed by atoms with van der Waals surface area (Å²) in [5.74, 6) is -1.46. The van der Waals surface area contributed by atoms with Crippen LogP contribution >= 0.6 is 39.3 Å². The number of hydrogen-bond donors (Lipinski definition) is 2. The third-order valence-electron chi connectivity index (χ3n) is 4.49. The molecule has 0 radical (unpaired) electrons. The molecule has 0 spiro atoms. The van der Waals surface area contributed by atoms with Gasteiger partial charge < -0.3 is 15.4 Å². The average Bonchev–Trinajstić information content (AvgIpc) is 2.73. The number of allylic oxidation sites excluding steroid dienone is 1. The van der Waals surface area contributed by atoms with E-state index < -0.39 is 17.6 Å². The molecule has 2 N–H and O–H groups in total. The predicted octanol–water partition coefficient (Wildman–Crippen LogP) is 4.96. The molecule has 1 aliphatic rings. The molecule has 0 fully saturated rings. The van der Waals surface area contributed by atoms with Gasteiger partial charge in [0.1, 0.15) is 11.6 Å². The first kappa shape index (κ1) is 23.1. The molecule has 0 aliphatic carbocycles. The minimum atomic E-state index is -0.577. The maximum absolute atomic E-state index is 13.9. The summed E-state index contributed by atoms with van der Waals surface area (Å²) in [6.07, 6.45) is 0.0753. The Labute approximate surface area is 195 Å². The number of benzene rings is 2. The fourth-order valence-electron chi connectivity index (χ4n) is 3.03. The lowest BCUT2D eigenvalue weighted by Gasteiger charge is -2.25. The Morgan fingerprint density at radius 1 is 1.42 bits per heavy atom. The van der Waals surface area contributed by atoms with Gasteiger partial charge in [-0.25, -0.2) is 4.39 Å². The number of ether oxygens (including phenoxy) is 1. The van der Waals surface area contributed by atoms with E-state index in [4.69, 9.17) is 16.3 Å². The number of halogens is 3. The lowest BCUT2D eigenvalue weighted by atomic mass is 9.87. The lowest BCUT2D eigenvalue weighted by Crippen LogP contribution is -2.31. The van der Waals surface area contributed by atoms with E-state index in [-0.39, 0.29) is 23.8 Å². The van der Waals surface area contributed by atoms with Crippen molar-refractivity contribution in [1.29, 1.82) is 5.26 Å². The Morgan fingerprint density at radius 3 is 2.84 bits per heavy atom. The smallest absolute Gasteiger partial charge is 0.234 e. The third-order valence-corrected chi connectivity index (χ3v) is 6.29. The number of thioether (sulfide) groups is 1. The van der Waals surface area contributed by atoms with E-state index in [1.807, 2.05) is 0 Å². The molecule has 1 atom stereocenters. The number of hydrogen-bond acceptors (Lipinski definition) is 5. The van der Waals surface area contributed by atoms with Crippen molar-refractivity contribution in [3.05, 3.63) is 67.9 Å². The summed E-state index contributed by atoms with van der Waals surface area (Å²) < 4.78 is 19.6. The summed E-state index contributed by atoms with van der Waals surface area (Å²) in [5, 5.41) is 15.5. The predicted molar refractivity (Wildman–Crippen MR) is 121 cm³/mol. The van der Waals surface area contributed by atoms with Crippen LogP contribution in [0.2, 0.25) is 5.02 Å². The van der Waals surface area contributed by atoms with Gasteiger partial charge in [0.05, 0.1) is 40.2 Å². The minimum absolute atomic E-state index is 0.0433. The van der Waals surface area contributed by atoms with E-state index in [9.17, 15) is 19.2 Å². The highest BCUT2D eigenvalue weighted by Crippen LogP contribution is 2.38. The van der Waals surface area contributed by atoms with Crippen LogP contribution in [-0.4, -0.2) is 24.7 Å². The third kappa shape index (κ3) is 5.58. The van der Waals surface area contributed by atoms with Crippen molar-refractivity contribution in [2.24, 2.45) is 0 Å². The molecule has 2 aromatic carbocycles. The Morgan fingerprint density at radius 2 is 2.19 bits per heavy atom. The summed E-state index contributed by atoms with van der Waals surface area (Å²) in [4.78, 5) is 24.5. The van der Waals surface area contributed by atoms with Gasteiger partial charge in [-0.2, -0.15) is 5.26 Å². The number of nitrogens with one attached hydrogen (secondary N) is 2. The fraction of sp³-hybridized carbons (Fsp3) is 0.190. The minimum Gasteiger partial charge on any atom is -0.495 e. The van der Waals surface area contributed by atoms with E-state index in [0.29, 0.717) is 31.4 Å². The van der Waals surface area contributed by atoms with E-state index in [2.05, 4.69) is 32.6 Å². The second-order valence-electron chi connectivity index (χ2n) is 6.51. The quantitative estimate of drug-likeness (QED) is 0.557. The number of methoxy groups -OCH3 is 1. The van der Waals surface area contributed by atoms with Gasteiger partial charge in [0.15, 0.2) is 0 Å². The normalized spacial score (nSPS) is 15.8. The molecule has 6 nitrogen and oxygen atoms in total. The Balaban J connectivity index is 1.78. The molecule has 10 heteroatoms. The molecule has 2 amide bonds. The van der Waals surface area contributed by atoms with Gasteiger partial charge in [0.2, 0.25) is 11.8 Å². The molecule has 1 aliphatic heterocycles. The standard InChI is InChI=1S/C21H16BrClFN3O3S/c1-30-18-5-2-11(6-15(18)23)13-8-19(28)27-21(14(13)9-25)31-10-20(29)26-17-4-3-12(22)7-16(17)24/h2-7,13H,8,10H2,1H3,(H,26,29)(H,27,28)/t13-/m0/s1. The van der Waals surface area contributed by atoms with Crippen molar-refractivity contribution in [2.45, 2.75) is 12.3 Å². The summed E-state index contributed by atoms with van der Waals surface area (Å²) >= 11 is 10.4. The van der Waals surface area contributed by atoms with Gasteiger partial charge >= 0.3 is 0 Å². The maximum Gasteiger partial charge on any atom is 0.234 e. The number of carbonyl (C=O) groups excluding carboxylic acids is 2. The zero-order valence-electron chi connectivity index (χ0n) is 16.2. The molecule has 0 bridgehead atoms. The molecule has 0 saturated heterocycles. The molecule has 160 valence electrons. The number of carbonyl (C=O) groups is 2. The second-order valence-corrected chi connectivity index (χ2v) is 8.82. The summed E-state index contributed by atoms with van der Waals surface area (Å²) in [7, 11) is 1.50. The number of anilines is 1. The Bertz CT molecular complexity index is 1120. The fourth-order valence-corrected chi connectivity index (χ4v) is 4.51. The highest BCUT2D eigenvalue weighted by atomic mass is 79.9. The van der Waals surface area contributed by atoms with Gasteiger partial charge in [-0.3, -0.25) is 9.59 Å². The van der Waals surface area contributed by atoms with Crippen LogP contribution in [0.5, 0.6) is 5.75 Å². The summed E-state index contributed by atoms with van der Waals surface area (Å²) in [6, 6.07) is 11.5. The molecule has 2 aromatic rings. The van der Waals surface area contributed by atoms with Crippen LogP contribution in [0.4, 0.5) is 10.1 Å². The first-order valence-corrected chi connectivity index (χ1v) is 11.1. The van der Waals surface area contributed by atoms with Crippen LogP contribution in [-0.2, 0) is 9.59 Å². The Kier molecular flexibility index (Phi) is 7.59. The molecule has 0 unspecified atom stereocenters. The van der Waals surface area contributed by atoms with Gasteiger partial charge in [0.25, 0.3) is 0 Å². The summed E-state index contributed by atoms with van der Waals surface area (Å²) in [6.45, 7) is 0. The Hall–Kier alpha value is -2.54. The van der Waals surface area contributed by atoms with Crippen LogP contribution < -0.4 is 15.4 Å². The van der Waals surface area contributed by atoms with Crippen LogP contribution in [0.15, 0.2) is 51.5 Å². The van der Waals surface area contributed by atoms with Gasteiger partial charge in [0, 0.05) is 16.8 Å². The van der Waals surface area contributed by atoms with Crippen molar-refractivity contribution in [1.82, 2.24) is 5.32 Å². The molecule has 1 heterocycles. The topological polar surface area (TPSA) is 91.2 Å². The number of rotatable bonds is 6. The number of nitrogens with zero attached hydrogens (tertiary/aromatic N) is 1. The van der Waals surface area contributed by atoms with Gasteiger partial charge in [-0.05, 0) is 35.9 Å². The largest absolute Gasteiger partial charge is 0.495 e. The highest BCUT2D eigenvalue weighted by Gasteiger charge is 2.30. The number of amides is 2. The van der Waals surface area contributed by atoms with Gasteiger partial charge in [-0.15, -0.1) is 0 Å². The zero-order valence-corrected chi connectivity index (χ0v) is 19.3. The van der Waals surface area contributed by atoms with Crippen molar-refractivity contribution in [3.8, 4) is 11.8 Å². The highest BCUT2D eigenvalue weighted by molar-refractivity contribution is 9.10. The van der Waals surface area contributed by atoms with E-state index in [0.717, 1.165) is 11.8 Å². The number of nitriles is 1. The van der Waals surface area contributed by atoms with Crippen LogP contribution in [0.3, 0.4) is 0 Å². The van der Waals surface area contributed by atoms with Crippen LogP contribution in [0.1, 0.15) is 17.9 Å². The SMILES string of the molecule is COc1ccc([C@@H]2CC(=O)NC(SCC(=O)Nc3ccc(Br)cc3F)=C2C#N)cc1Cl. The van der Waals surface area contributed by atoms with Crippen molar-refractivity contribution in [2.75, 3.05) is 18.2 Å². The van der Waals surface area contributed by atoms with E-state index >= 15 is 0 Å². The molecular formula is C21H16BrClFN3O3S. The second kappa shape index (κ2) is 10.2. The first-order chi connectivity index (χ1) is 14.8. The van der Waals surface area contributed by atoms with Crippen molar-refractivity contribution < 1.29 is 18.7 Å². The summed E-state index contributed by atoms with van der Waals surface area (Å²) in [5.41, 5.74) is 1.06. The van der Waals surface area contributed by atoms with E-state index in [1.54, 1.807) is 24.3 Å². The molecular weight excluding hydrogens is 509 g/mol. The molecule has 0 saturated carbocycles. The zero-order chi connectivity index (χ0) is 22.5. The monoisotopic (exact) mass is 523 g/mol. The molecule has 31 heavy (non-hydrogen) atoms. The molecule has 3 rings (SSSR count). The van der Waals surface area contributed by atoms with Crippen LogP contribution in [0.25, 0.3) is 0 Å². The average molecular weight is 525 g/mol. The maximum atomic E-state index is 13.9. The van der Waals surface area contributed by atoms with Gasteiger partial charge in [-0.1, -0.05) is 45.4 Å². The first-order valence-electron chi connectivity index (χ1n) is 8.97. The van der Waals surface area contributed by atoms with Crippen molar-refractivity contribution >= 4 is 56.8 Å². The van der Waals surface area contributed by atoms with Crippen molar-refractivity contribution in [3.63, 3.8) is 0 Å².